The minimum absolute atomic E-state index is 0.259. The van der Waals surface area contributed by atoms with Crippen molar-refractivity contribution in [2.75, 3.05) is 5.32 Å². The lowest BCUT2D eigenvalue weighted by molar-refractivity contribution is 0.102. The third-order valence-corrected chi connectivity index (χ3v) is 4.83. The monoisotopic (exact) mass is 381 g/mol. The average molecular weight is 382 g/mol. The lowest BCUT2D eigenvalue weighted by Crippen LogP contribution is -2.12. The number of para-hydroxylation sites is 2. The van der Waals surface area contributed by atoms with Gasteiger partial charge in [-0.25, -0.2) is 4.98 Å². The minimum atomic E-state index is -0.259. The Morgan fingerprint density at radius 3 is 2.46 bits per heavy atom. The molecule has 0 fully saturated rings. The number of nitrogens with zero attached hydrogens (tertiary/aromatic N) is 1. The molecular weight excluding hydrogens is 369 g/mol. The van der Waals surface area contributed by atoms with Crippen LogP contribution in [0, 0.1) is 0 Å². The molecule has 0 saturated carbocycles. The number of nitrogens with one attached hydrogen (secondary N) is 2. The summed E-state index contributed by atoms with van der Waals surface area (Å²) in [4.78, 5) is 20.3. The summed E-state index contributed by atoms with van der Waals surface area (Å²) in [7, 11) is 0. The van der Waals surface area contributed by atoms with E-state index in [2.05, 4.69) is 15.3 Å². The fraction of sp³-hybridized carbons (Fsp3) is 0. The van der Waals surface area contributed by atoms with Crippen LogP contribution in [0.1, 0.15) is 10.4 Å². The van der Waals surface area contributed by atoms with Crippen LogP contribution in [-0.4, -0.2) is 15.9 Å². The molecule has 0 aliphatic rings. The molecule has 1 heterocycles. The number of hydrogen-bond acceptors (Lipinski definition) is 2. The maximum absolute atomic E-state index is 12.4. The van der Waals surface area contributed by atoms with Gasteiger partial charge < -0.3 is 10.3 Å². The molecule has 4 nitrogen and oxygen atoms in total. The van der Waals surface area contributed by atoms with E-state index in [9.17, 15) is 4.79 Å². The molecule has 2 N–H and O–H groups in total. The Morgan fingerprint density at radius 1 is 0.923 bits per heavy atom. The summed E-state index contributed by atoms with van der Waals surface area (Å²) in [5.41, 5.74) is 3.77. The molecular formula is C20H13Cl2N3O. The van der Waals surface area contributed by atoms with Crippen LogP contribution in [0.2, 0.25) is 10.0 Å². The molecule has 0 spiro atoms. The highest BCUT2D eigenvalue weighted by molar-refractivity contribution is 6.44. The molecule has 0 aliphatic heterocycles. The molecule has 0 saturated heterocycles. The number of amides is 1. The average Bonchev–Trinajstić information content (AvgIpc) is 3.10. The van der Waals surface area contributed by atoms with Gasteiger partial charge in [0.15, 0.2) is 0 Å². The van der Waals surface area contributed by atoms with Crippen LogP contribution in [0.15, 0.2) is 66.7 Å². The van der Waals surface area contributed by atoms with Crippen LogP contribution >= 0.6 is 23.2 Å². The highest BCUT2D eigenvalue weighted by Gasteiger charge is 2.11. The van der Waals surface area contributed by atoms with Crippen LogP contribution in [0.3, 0.4) is 0 Å². The quantitative estimate of drug-likeness (QED) is 0.471. The normalized spacial score (nSPS) is 10.8. The standard InChI is InChI=1S/C20H13Cl2N3O/c21-14-4-3-7-17(18(14)22)25-20(26)13-10-8-12(9-11-13)19-23-15-5-1-2-6-16(15)24-19/h1-11H,(H,23,24)(H,25,26). The highest BCUT2D eigenvalue weighted by Crippen LogP contribution is 2.30. The second-order valence-electron chi connectivity index (χ2n) is 5.74. The van der Waals surface area contributed by atoms with Crippen molar-refractivity contribution in [2.45, 2.75) is 0 Å². The van der Waals surface area contributed by atoms with E-state index in [-0.39, 0.29) is 5.91 Å². The van der Waals surface area contributed by atoms with Gasteiger partial charge in [0.25, 0.3) is 5.91 Å². The summed E-state index contributed by atoms with van der Waals surface area (Å²) in [5, 5.41) is 3.48. The first-order valence-corrected chi connectivity index (χ1v) is 8.68. The Balaban J connectivity index is 1.57. The lowest BCUT2D eigenvalue weighted by atomic mass is 10.1. The number of aromatic nitrogens is 2. The Hall–Kier alpha value is -2.82. The number of imidazole rings is 1. The van der Waals surface area contributed by atoms with Gasteiger partial charge in [-0.2, -0.15) is 0 Å². The number of fused-ring (bicyclic) bond motifs is 1. The Kier molecular flexibility index (Phi) is 4.37. The van der Waals surface area contributed by atoms with Crippen LogP contribution < -0.4 is 5.32 Å². The van der Waals surface area contributed by atoms with Crippen LogP contribution in [0.5, 0.6) is 0 Å². The van der Waals surface area contributed by atoms with Gasteiger partial charge in [-0.15, -0.1) is 0 Å². The van der Waals surface area contributed by atoms with Crippen molar-refractivity contribution < 1.29 is 4.79 Å². The number of aromatic amines is 1. The third-order valence-electron chi connectivity index (χ3n) is 4.01. The molecule has 0 atom stereocenters. The van der Waals surface area contributed by atoms with E-state index in [4.69, 9.17) is 23.2 Å². The molecule has 4 aromatic rings. The van der Waals surface area contributed by atoms with Crippen molar-refractivity contribution in [3.63, 3.8) is 0 Å². The topological polar surface area (TPSA) is 57.8 Å². The van der Waals surface area contributed by atoms with Crippen molar-refractivity contribution in [3.05, 3.63) is 82.3 Å². The number of anilines is 1. The molecule has 0 radical (unpaired) electrons. The van der Waals surface area contributed by atoms with E-state index in [1.807, 2.05) is 36.4 Å². The van der Waals surface area contributed by atoms with Crippen LogP contribution in [0.4, 0.5) is 5.69 Å². The summed E-state index contributed by atoms with van der Waals surface area (Å²) >= 11 is 12.1. The maximum Gasteiger partial charge on any atom is 0.255 e. The molecule has 128 valence electrons. The summed E-state index contributed by atoms with van der Waals surface area (Å²) in [5.74, 6) is 0.501. The summed E-state index contributed by atoms with van der Waals surface area (Å²) in [6, 6.07) is 20.1. The first-order valence-electron chi connectivity index (χ1n) is 7.92. The number of benzene rings is 3. The highest BCUT2D eigenvalue weighted by atomic mass is 35.5. The van der Waals surface area contributed by atoms with Gasteiger partial charge in [-0.3, -0.25) is 4.79 Å². The summed E-state index contributed by atoms with van der Waals surface area (Å²) in [6.45, 7) is 0. The Morgan fingerprint density at radius 2 is 1.69 bits per heavy atom. The van der Waals surface area contributed by atoms with E-state index in [1.165, 1.54) is 0 Å². The zero-order valence-electron chi connectivity index (χ0n) is 13.5. The summed E-state index contributed by atoms with van der Waals surface area (Å²) < 4.78 is 0. The Bertz CT molecular complexity index is 1070. The van der Waals surface area contributed by atoms with E-state index < -0.39 is 0 Å². The molecule has 0 bridgehead atoms. The molecule has 3 aromatic carbocycles. The SMILES string of the molecule is O=C(Nc1cccc(Cl)c1Cl)c1ccc(-c2nc3ccccc3[nH]2)cc1. The molecule has 4 rings (SSSR count). The van der Waals surface area contributed by atoms with Crippen molar-refractivity contribution in [1.29, 1.82) is 0 Å². The predicted molar refractivity (Wildman–Crippen MR) is 106 cm³/mol. The second kappa shape index (κ2) is 6.83. The second-order valence-corrected chi connectivity index (χ2v) is 6.52. The van der Waals surface area contributed by atoms with Crippen molar-refractivity contribution in [3.8, 4) is 11.4 Å². The largest absolute Gasteiger partial charge is 0.338 e. The summed E-state index contributed by atoms with van der Waals surface area (Å²) in [6.07, 6.45) is 0. The smallest absolute Gasteiger partial charge is 0.255 e. The maximum atomic E-state index is 12.4. The van der Waals surface area contributed by atoms with Crippen molar-refractivity contribution in [1.82, 2.24) is 9.97 Å². The molecule has 26 heavy (non-hydrogen) atoms. The number of hydrogen-bond donors (Lipinski definition) is 2. The first-order chi connectivity index (χ1) is 12.6. The molecule has 6 heteroatoms. The van der Waals surface area contributed by atoms with Gasteiger partial charge in [-0.1, -0.05) is 53.5 Å². The third kappa shape index (κ3) is 3.17. The van der Waals surface area contributed by atoms with E-state index in [0.29, 0.717) is 21.3 Å². The molecule has 0 aliphatic carbocycles. The van der Waals surface area contributed by atoms with Gasteiger partial charge in [0, 0.05) is 11.1 Å². The first kappa shape index (κ1) is 16.6. The fourth-order valence-electron chi connectivity index (χ4n) is 2.66. The minimum Gasteiger partial charge on any atom is -0.338 e. The van der Waals surface area contributed by atoms with Crippen molar-refractivity contribution in [2.24, 2.45) is 0 Å². The zero-order chi connectivity index (χ0) is 18.1. The van der Waals surface area contributed by atoms with Gasteiger partial charge in [0.05, 0.1) is 26.8 Å². The predicted octanol–water partition coefficient (Wildman–Crippen LogP) is 5.79. The van der Waals surface area contributed by atoms with E-state index in [1.54, 1.807) is 30.3 Å². The number of H-pyrrole nitrogens is 1. The van der Waals surface area contributed by atoms with Gasteiger partial charge in [0.2, 0.25) is 0 Å². The number of halogens is 2. The zero-order valence-corrected chi connectivity index (χ0v) is 15.0. The molecule has 1 aromatic heterocycles. The van der Waals surface area contributed by atoms with Crippen molar-refractivity contribution >= 4 is 45.8 Å². The lowest BCUT2D eigenvalue weighted by Gasteiger charge is -2.08. The molecule has 0 unspecified atom stereocenters. The number of carbonyl (C=O) groups excluding carboxylic acids is 1. The van der Waals surface area contributed by atoms with Gasteiger partial charge in [-0.05, 0) is 36.4 Å². The van der Waals surface area contributed by atoms with E-state index in [0.717, 1.165) is 22.4 Å². The molecule has 1 amide bonds. The van der Waals surface area contributed by atoms with E-state index >= 15 is 0 Å². The van der Waals surface area contributed by atoms with Gasteiger partial charge in [0.1, 0.15) is 5.82 Å². The fourth-order valence-corrected chi connectivity index (χ4v) is 3.01. The van der Waals surface area contributed by atoms with Gasteiger partial charge >= 0.3 is 0 Å². The Labute approximate surface area is 159 Å². The van der Waals surface area contributed by atoms with Crippen LogP contribution in [-0.2, 0) is 0 Å². The number of rotatable bonds is 3. The number of carbonyl (C=O) groups is 1. The van der Waals surface area contributed by atoms with Crippen LogP contribution in [0.25, 0.3) is 22.4 Å².